The number of rotatable bonds is 6. The van der Waals surface area contributed by atoms with Gasteiger partial charge < -0.3 is 25.1 Å². The Labute approximate surface area is 241 Å². The molecule has 0 radical (unpaired) electrons. The van der Waals surface area contributed by atoms with E-state index < -0.39 is 47.1 Å². The lowest BCUT2D eigenvalue weighted by Gasteiger charge is -2.40. The van der Waals surface area contributed by atoms with Gasteiger partial charge in [0.25, 0.3) is 11.5 Å². The van der Waals surface area contributed by atoms with Crippen molar-refractivity contribution in [2.45, 2.75) is 24.6 Å². The minimum atomic E-state index is -5.05. The molecular weight excluding hydrogens is 583 g/mol. The molecule has 10 nitrogen and oxygen atoms in total. The van der Waals surface area contributed by atoms with E-state index in [9.17, 15) is 37.8 Å². The molecule has 2 aliphatic rings. The van der Waals surface area contributed by atoms with Gasteiger partial charge in [0.05, 0.1) is 11.3 Å². The van der Waals surface area contributed by atoms with Crippen molar-refractivity contribution in [2.24, 2.45) is 5.92 Å². The zero-order chi connectivity index (χ0) is 30.2. The Hall–Kier alpha value is -4.83. The van der Waals surface area contributed by atoms with Crippen LogP contribution in [-0.4, -0.2) is 52.2 Å². The highest BCUT2D eigenvalue weighted by atomic mass is 35.5. The SMILES string of the molecule is O=C(NCCN1C(=O)OC(C#CC2CC2)(C(F)(F)F)c2cc(Cl)ccc21)c1ccc(C(=O)On2c(O)ccc2O)cc1. The average molecular weight is 604 g/mol. The molecule has 2 amide bonds. The van der Waals surface area contributed by atoms with E-state index >= 15 is 0 Å². The molecule has 0 saturated heterocycles. The molecule has 0 spiro atoms. The van der Waals surface area contributed by atoms with Crippen molar-refractivity contribution in [1.82, 2.24) is 10.0 Å². The zero-order valence-electron chi connectivity index (χ0n) is 21.4. The number of cyclic esters (lactones) is 1. The van der Waals surface area contributed by atoms with Gasteiger partial charge in [0.2, 0.25) is 11.8 Å². The maximum atomic E-state index is 14.4. The van der Waals surface area contributed by atoms with Crippen LogP contribution in [0.2, 0.25) is 5.02 Å². The van der Waals surface area contributed by atoms with Gasteiger partial charge in [-0.25, -0.2) is 9.59 Å². The molecule has 1 fully saturated rings. The predicted molar refractivity (Wildman–Crippen MR) is 141 cm³/mol. The molecule has 1 aliphatic heterocycles. The molecule has 1 atom stereocenters. The lowest BCUT2D eigenvalue weighted by atomic mass is 9.89. The smallest absolute Gasteiger partial charge is 0.445 e. The van der Waals surface area contributed by atoms with Crippen LogP contribution in [-0.2, 0) is 10.3 Å². The monoisotopic (exact) mass is 603 g/mol. The Bertz CT molecular complexity index is 1600. The fourth-order valence-corrected chi connectivity index (χ4v) is 4.33. The highest BCUT2D eigenvalue weighted by Gasteiger charge is 2.63. The van der Waals surface area contributed by atoms with Crippen LogP contribution in [0.25, 0.3) is 0 Å². The Kier molecular flexibility index (Phi) is 7.42. The second-order valence-electron chi connectivity index (χ2n) is 9.46. The number of halogens is 4. The van der Waals surface area contributed by atoms with Gasteiger partial charge in [-0.3, -0.25) is 9.69 Å². The van der Waals surface area contributed by atoms with Crippen LogP contribution in [0, 0.1) is 17.8 Å². The van der Waals surface area contributed by atoms with E-state index in [0.717, 1.165) is 23.1 Å². The molecule has 14 heteroatoms. The molecule has 1 saturated carbocycles. The van der Waals surface area contributed by atoms with Crippen LogP contribution in [0.3, 0.4) is 0 Å². The highest BCUT2D eigenvalue weighted by molar-refractivity contribution is 6.30. The molecule has 2 heterocycles. The van der Waals surface area contributed by atoms with Crippen molar-refractivity contribution in [3.05, 3.63) is 76.3 Å². The van der Waals surface area contributed by atoms with Crippen molar-refractivity contribution in [3.8, 4) is 23.6 Å². The number of nitrogens with one attached hydrogen (secondary N) is 1. The Morgan fingerprint density at radius 2 is 1.71 bits per heavy atom. The second-order valence-corrected chi connectivity index (χ2v) is 9.90. The van der Waals surface area contributed by atoms with Gasteiger partial charge in [0.1, 0.15) is 0 Å². The maximum absolute atomic E-state index is 14.4. The number of hydrogen-bond acceptors (Lipinski definition) is 7. The number of hydrogen-bond donors (Lipinski definition) is 3. The van der Waals surface area contributed by atoms with Crippen molar-refractivity contribution < 1.29 is 47.3 Å². The van der Waals surface area contributed by atoms with Crippen LogP contribution in [0.4, 0.5) is 23.7 Å². The molecule has 2 aromatic carbocycles. The summed E-state index contributed by atoms with van der Waals surface area (Å²) in [5.74, 6) is 1.99. The number of alkyl halides is 3. The third-order valence-electron chi connectivity index (χ3n) is 6.49. The van der Waals surface area contributed by atoms with Gasteiger partial charge in [-0.1, -0.05) is 17.5 Å². The molecule has 1 aromatic heterocycles. The largest absolute Gasteiger partial charge is 0.492 e. The molecule has 3 aromatic rings. The summed E-state index contributed by atoms with van der Waals surface area (Å²) in [6.45, 7) is -0.407. The first-order valence-electron chi connectivity index (χ1n) is 12.5. The Morgan fingerprint density at radius 3 is 2.33 bits per heavy atom. The van der Waals surface area contributed by atoms with Crippen molar-refractivity contribution >= 4 is 35.3 Å². The fraction of sp³-hybridized carbons (Fsp3) is 0.250. The van der Waals surface area contributed by atoms with Gasteiger partial charge in [-0.2, -0.15) is 13.2 Å². The summed E-state index contributed by atoms with van der Waals surface area (Å²) in [4.78, 5) is 43.7. The van der Waals surface area contributed by atoms with Crippen LogP contribution in [0.1, 0.15) is 39.1 Å². The van der Waals surface area contributed by atoms with Crippen LogP contribution < -0.4 is 15.1 Å². The number of aromatic nitrogens is 1. The van der Waals surface area contributed by atoms with E-state index in [1.807, 2.05) is 0 Å². The minimum absolute atomic E-state index is 0.00307. The van der Waals surface area contributed by atoms with Crippen molar-refractivity contribution in [2.75, 3.05) is 18.0 Å². The number of carbonyl (C=O) groups excluding carboxylic acids is 3. The third kappa shape index (κ3) is 5.53. The Balaban J connectivity index is 1.27. The van der Waals surface area contributed by atoms with Crippen LogP contribution in [0.5, 0.6) is 11.8 Å². The summed E-state index contributed by atoms with van der Waals surface area (Å²) in [6, 6.07) is 11.1. The zero-order valence-corrected chi connectivity index (χ0v) is 22.2. The van der Waals surface area contributed by atoms with Gasteiger partial charge in [-0.05, 0) is 61.2 Å². The van der Waals surface area contributed by atoms with Crippen molar-refractivity contribution in [3.63, 3.8) is 0 Å². The molecule has 1 unspecified atom stereocenters. The minimum Gasteiger partial charge on any atom is -0.492 e. The maximum Gasteiger partial charge on any atom is 0.445 e. The summed E-state index contributed by atoms with van der Waals surface area (Å²) in [7, 11) is 0. The molecular formula is C28H21ClF3N3O7. The average Bonchev–Trinajstić information content (AvgIpc) is 3.73. The number of anilines is 1. The lowest BCUT2D eigenvalue weighted by molar-refractivity contribution is -0.240. The standard InChI is InChI=1S/C28H21ClF3N3O7/c29-19-7-8-21-20(15-19)27(28(30,31)32,12-11-16-1-2-16)41-26(40)34(21)14-13-33-24(38)17-3-5-18(6-4-17)25(39)42-35-22(36)9-10-23(35)37/h3-10,15-16,36-37H,1-2,13-14H2,(H,33,38). The lowest BCUT2D eigenvalue weighted by Crippen LogP contribution is -2.54. The van der Waals surface area contributed by atoms with E-state index in [-0.39, 0.29) is 40.8 Å². The number of fused-ring (bicyclic) bond motifs is 1. The molecule has 1 aliphatic carbocycles. The number of carbonyl (C=O) groups is 3. The van der Waals surface area contributed by atoms with E-state index in [1.54, 1.807) is 0 Å². The number of aromatic hydroxyl groups is 2. The summed E-state index contributed by atoms with van der Waals surface area (Å²) in [5.41, 5.74) is -3.59. The predicted octanol–water partition coefficient (Wildman–Crippen LogP) is 4.38. The summed E-state index contributed by atoms with van der Waals surface area (Å²) in [5, 5.41) is 21.7. The van der Waals surface area contributed by atoms with Gasteiger partial charge in [0.15, 0.2) is 0 Å². The normalized spacial score (nSPS) is 17.9. The first-order chi connectivity index (χ1) is 19.9. The highest BCUT2D eigenvalue weighted by Crippen LogP contribution is 2.49. The van der Waals surface area contributed by atoms with E-state index in [4.69, 9.17) is 21.2 Å². The first-order valence-corrected chi connectivity index (χ1v) is 12.9. The summed E-state index contributed by atoms with van der Waals surface area (Å²) >= 11 is 6.02. The first kappa shape index (κ1) is 28.7. The van der Waals surface area contributed by atoms with Gasteiger partial charge in [0, 0.05) is 47.3 Å². The molecule has 42 heavy (non-hydrogen) atoms. The van der Waals surface area contributed by atoms with Crippen molar-refractivity contribution in [1.29, 1.82) is 0 Å². The molecule has 3 N–H and O–H groups in total. The van der Waals surface area contributed by atoms with E-state index in [1.165, 1.54) is 36.4 Å². The quantitative estimate of drug-likeness (QED) is 0.357. The van der Waals surface area contributed by atoms with E-state index in [0.29, 0.717) is 17.6 Å². The molecule has 0 bridgehead atoms. The van der Waals surface area contributed by atoms with Gasteiger partial charge in [-0.15, -0.1) is 4.73 Å². The number of amides is 2. The topological polar surface area (TPSA) is 130 Å². The fourth-order valence-electron chi connectivity index (χ4n) is 4.15. The van der Waals surface area contributed by atoms with Crippen LogP contribution in [0.15, 0.2) is 54.6 Å². The number of nitrogens with zero attached hydrogens (tertiary/aromatic N) is 2. The summed E-state index contributed by atoms with van der Waals surface area (Å²) < 4.78 is 48.6. The summed E-state index contributed by atoms with van der Waals surface area (Å²) in [6.07, 6.45) is -5.01. The molecule has 5 rings (SSSR count). The van der Waals surface area contributed by atoms with Crippen LogP contribution >= 0.6 is 11.6 Å². The second kappa shape index (κ2) is 10.9. The molecule has 218 valence electrons. The number of ether oxygens (including phenoxy) is 1. The Morgan fingerprint density at radius 1 is 1.07 bits per heavy atom. The number of benzene rings is 2. The van der Waals surface area contributed by atoms with E-state index in [2.05, 4.69) is 17.2 Å². The third-order valence-corrected chi connectivity index (χ3v) is 6.73. The van der Waals surface area contributed by atoms with Gasteiger partial charge >= 0.3 is 18.2 Å².